The Kier molecular flexibility index (Phi) is 34.6. The van der Waals surface area contributed by atoms with Gasteiger partial charge in [0.2, 0.25) is 5.91 Å². The fraction of sp³-hybridized carbons (Fsp3) is 0.783. The zero-order valence-corrected chi connectivity index (χ0v) is 36.7. The normalized spacial score (nSPS) is 12.3. The third-order valence-corrected chi connectivity index (χ3v) is 11.4. The van der Waals surface area contributed by atoms with Gasteiger partial charge in [0.05, 0.1) is 12.7 Å². The van der Waals surface area contributed by atoms with Crippen LogP contribution in [0.2, 0.25) is 0 Å². The number of aliphatic carboxylic acids is 2. The maximum Gasteiger partial charge on any atom is 0.326 e. The van der Waals surface area contributed by atoms with Crippen molar-refractivity contribution < 1.29 is 38.9 Å². The van der Waals surface area contributed by atoms with Crippen LogP contribution in [-0.4, -0.2) is 77.4 Å². The predicted octanol–water partition coefficient (Wildman–Crippen LogP) is 11.6. The molecule has 1 aromatic carbocycles. The number of hydrogen-bond acceptors (Lipinski definition) is 7. The van der Waals surface area contributed by atoms with Crippen molar-refractivity contribution in [3.05, 3.63) is 29.8 Å². The highest BCUT2D eigenvalue weighted by atomic mass is 32.2. The summed E-state index contributed by atoms with van der Waals surface area (Å²) in [4.78, 5) is 47.4. The maximum atomic E-state index is 12.7. The second kappa shape index (κ2) is 37.6. The second-order valence-corrected chi connectivity index (χ2v) is 16.7. The van der Waals surface area contributed by atoms with Crippen molar-refractivity contribution in [2.45, 2.75) is 199 Å². The molecule has 4 N–H and O–H groups in total. The molecule has 0 aliphatic carbocycles. The number of rotatable bonds is 41. The van der Waals surface area contributed by atoms with E-state index in [0.717, 1.165) is 31.8 Å². The summed E-state index contributed by atoms with van der Waals surface area (Å²) in [6.07, 6.45) is 31.3. The molecule has 57 heavy (non-hydrogen) atoms. The van der Waals surface area contributed by atoms with E-state index >= 15 is 0 Å². The van der Waals surface area contributed by atoms with Crippen LogP contribution in [0.1, 0.15) is 198 Å². The molecule has 2 amide bonds. The third-order valence-electron chi connectivity index (χ3n) is 10.3. The van der Waals surface area contributed by atoms with Crippen LogP contribution in [0, 0.1) is 0 Å². The van der Waals surface area contributed by atoms with Crippen molar-refractivity contribution in [3.63, 3.8) is 0 Å². The molecule has 1 aromatic rings. The fourth-order valence-corrected chi connectivity index (χ4v) is 7.62. The Morgan fingerprint density at radius 3 is 1.58 bits per heavy atom. The molecule has 0 spiro atoms. The van der Waals surface area contributed by atoms with Gasteiger partial charge >= 0.3 is 11.9 Å². The zero-order valence-electron chi connectivity index (χ0n) is 35.8. The summed E-state index contributed by atoms with van der Waals surface area (Å²) in [5.74, 6) is -1.81. The Hall–Kier alpha value is -2.63. The number of carboxylic acid groups (broad SMARTS) is 2. The standard InChI is InChI=1S/C46H80N2O8S/c1-3-5-7-9-11-13-15-17-19-21-23-25-34-55-37-41(56-35-26-24-22-20-18-16-14-12-10-8-6-4-2)38-57-36-33-43(49)47-40-29-27-39(28-30-40)45(52)48-42(46(53)54)31-32-44(50)51/h27-30,41-42H,3-26,31-38H2,1-2H3,(H,47,49)(H,48,52)(H,50,51)(H,53,54). The molecule has 1 rings (SSSR count). The summed E-state index contributed by atoms with van der Waals surface area (Å²) in [6.45, 7) is 6.60. The van der Waals surface area contributed by atoms with Crippen LogP contribution in [0.25, 0.3) is 0 Å². The number of nitrogens with one attached hydrogen (secondary N) is 2. The quantitative estimate of drug-likeness (QED) is 0.0473. The lowest BCUT2D eigenvalue weighted by atomic mass is 10.1. The predicted molar refractivity (Wildman–Crippen MR) is 235 cm³/mol. The molecular weight excluding hydrogens is 741 g/mol. The van der Waals surface area contributed by atoms with E-state index in [-0.39, 0.29) is 30.4 Å². The van der Waals surface area contributed by atoms with Crippen LogP contribution in [0.3, 0.4) is 0 Å². The largest absolute Gasteiger partial charge is 0.481 e. The minimum Gasteiger partial charge on any atom is -0.481 e. The molecule has 0 heterocycles. The first kappa shape index (κ1) is 52.4. The van der Waals surface area contributed by atoms with Crippen LogP contribution in [0.5, 0.6) is 0 Å². The van der Waals surface area contributed by atoms with Gasteiger partial charge in [-0.25, -0.2) is 4.79 Å². The van der Waals surface area contributed by atoms with E-state index in [0.29, 0.717) is 24.5 Å². The first-order valence-corrected chi connectivity index (χ1v) is 23.8. The molecule has 0 aliphatic heterocycles. The number of anilines is 1. The lowest BCUT2D eigenvalue weighted by molar-refractivity contribution is -0.140. The molecule has 0 saturated carbocycles. The second-order valence-electron chi connectivity index (χ2n) is 15.6. The topological polar surface area (TPSA) is 151 Å². The van der Waals surface area contributed by atoms with Crippen molar-refractivity contribution in [2.75, 3.05) is 36.6 Å². The van der Waals surface area contributed by atoms with E-state index in [2.05, 4.69) is 24.5 Å². The summed E-state index contributed by atoms with van der Waals surface area (Å²) in [6, 6.07) is 4.84. The summed E-state index contributed by atoms with van der Waals surface area (Å²) in [5.41, 5.74) is 0.734. The molecular formula is C46H80N2O8S. The first-order chi connectivity index (χ1) is 27.8. The van der Waals surface area contributed by atoms with Crippen molar-refractivity contribution in [1.29, 1.82) is 0 Å². The van der Waals surface area contributed by atoms with Gasteiger partial charge in [-0.2, -0.15) is 11.8 Å². The number of unbranched alkanes of at least 4 members (excludes halogenated alkanes) is 22. The highest BCUT2D eigenvalue weighted by Gasteiger charge is 2.21. The number of ether oxygens (including phenoxy) is 2. The Morgan fingerprint density at radius 1 is 0.632 bits per heavy atom. The van der Waals surface area contributed by atoms with Gasteiger partial charge < -0.3 is 30.3 Å². The molecule has 0 radical (unpaired) electrons. The highest BCUT2D eigenvalue weighted by molar-refractivity contribution is 7.99. The lowest BCUT2D eigenvalue weighted by Gasteiger charge is -2.18. The number of thioether (sulfide) groups is 1. The SMILES string of the molecule is CCCCCCCCCCCCCCOCC(CSCCC(=O)Nc1ccc(C(=O)NC(CCC(=O)O)C(=O)O)cc1)OCCCCCCCCCCCCCC. The van der Waals surface area contributed by atoms with Gasteiger partial charge in [-0.1, -0.05) is 155 Å². The molecule has 11 heteroatoms. The molecule has 2 atom stereocenters. The number of amides is 2. The van der Waals surface area contributed by atoms with E-state index in [1.807, 2.05) is 0 Å². The van der Waals surface area contributed by atoms with Gasteiger partial charge in [0.1, 0.15) is 6.04 Å². The average Bonchev–Trinajstić information content (AvgIpc) is 3.19. The third kappa shape index (κ3) is 32.0. The van der Waals surface area contributed by atoms with Crippen molar-refractivity contribution in [2.24, 2.45) is 0 Å². The van der Waals surface area contributed by atoms with E-state index in [4.69, 9.17) is 14.6 Å². The van der Waals surface area contributed by atoms with Crippen LogP contribution in [0.4, 0.5) is 5.69 Å². The number of carbonyl (C=O) groups is 4. The molecule has 2 unspecified atom stereocenters. The van der Waals surface area contributed by atoms with Gasteiger partial charge in [0.15, 0.2) is 0 Å². The molecule has 0 aromatic heterocycles. The van der Waals surface area contributed by atoms with Gasteiger partial charge in [0, 0.05) is 48.8 Å². The van der Waals surface area contributed by atoms with E-state index in [9.17, 15) is 24.3 Å². The smallest absolute Gasteiger partial charge is 0.326 e. The number of benzene rings is 1. The van der Waals surface area contributed by atoms with Gasteiger partial charge in [-0.15, -0.1) is 0 Å². The van der Waals surface area contributed by atoms with Crippen LogP contribution in [0.15, 0.2) is 24.3 Å². The molecule has 10 nitrogen and oxygen atoms in total. The van der Waals surface area contributed by atoms with Gasteiger partial charge in [0.25, 0.3) is 5.91 Å². The molecule has 0 bridgehead atoms. The Morgan fingerprint density at radius 2 is 1.11 bits per heavy atom. The summed E-state index contributed by atoms with van der Waals surface area (Å²) in [5, 5.41) is 23.4. The Bertz CT molecular complexity index is 1150. The minimum atomic E-state index is -1.31. The van der Waals surface area contributed by atoms with Crippen LogP contribution >= 0.6 is 11.8 Å². The molecule has 0 fully saturated rings. The molecule has 328 valence electrons. The van der Waals surface area contributed by atoms with Crippen molar-refractivity contribution in [3.8, 4) is 0 Å². The highest BCUT2D eigenvalue weighted by Crippen LogP contribution is 2.16. The first-order valence-electron chi connectivity index (χ1n) is 22.7. The van der Waals surface area contributed by atoms with Crippen molar-refractivity contribution >= 4 is 41.2 Å². The molecule has 0 saturated heterocycles. The van der Waals surface area contributed by atoms with E-state index in [1.165, 1.54) is 153 Å². The summed E-state index contributed by atoms with van der Waals surface area (Å²) in [7, 11) is 0. The average molecular weight is 821 g/mol. The van der Waals surface area contributed by atoms with Crippen molar-refractivity contribution in [1.82, 2.24) is 5.32 Å². The number of carbonyl (C=O) groups excluding carboxylic acids is 2. The summed E-state index contributed by atoms with van der Waals surface area (Å²) < 4.78 is 12.4. The maximum absolute atomic E-state index is 12.7. The van der Waals surface area contributed by atoms with Crippen LogP contribution in [-0.2, 0) is 23.9 Å². The number of hydrogen-bond donors (Lipinski definition) is 4. The van der Waals surface area contributed by atoms with E-state index in [1.54, 1.807) is 23.9 Å². The fourth-order valence-electron chi connectivity index (χ4n) is 6.67. The Balaban J connectivity index is 2.38. The molecule has 0 aliphatic rings. The Labute approximate surface area is 350 Å². The summed E-state index contributed by atoms with van der Waals surface area (Å²) >= 11 is 1.69. The minimum absolute atomic E-state index is 0.00774. The monoisotopic (exact) mass is 821 g/mol. The zero-order chi connectivity index (χ0) is 41.6. The van der Waals surface area contributed by atoms with Gasteiger partial charge in [-0.3, -0.25) is 14.4 Å². The number of carboxylic acids is 2. The van der Waals surface area contributed by atoms with Gasteiger partial charge in [-0.05, 0) is 43.5 Å². The van der Waals surface area contributed by atoms with Crippen LogP contribution < -0.4 is 10.6 Å². The lowest BCUT2D eigenvalue weighted by Crippen LogP contribution is -2.41. The van der Waals surface area contributed by atoms with E-state index < -0.39 is 23.9 Å².